The van der Waals surface area contributed by atoms with Crippen LogP contribution in [0.4, 0.5) is 0 Å². The first-order valence-electron chi connectivity index (χ1n) is 7.22. The van der Waals surface area contributed by atoms with Crippen molar-refractivity contribution in [2.24, 2.45) is 0 Å². The molecule has 0 aliphatic carbocycles. The third-order valence-electron chi connectivity index (χ3n) is 3.47. The molecule has 1 aliphatic heterocycles. The molecule has 2 rings (SSSR count). The van der Waals surface area contributed by atoms with Gasteiger partial charge >= 0.3 is 0 Å². The molecule has 1 unspecified atom stereocenters. The highest BCUT2D eigenvalue weighted by molar-refractivity contribution is 5.35. The normalized spacial score (nSPS) is 17.9. The van der Waals surface area contributed by atoms with E-state index in [-0.39, 0.29) is 12.7 Å². The van der Waals surface area contributed by atoms with Gasteiger partial charge in [0, 0.05) is 13.2 Å². The van der Waals surface area contributed by atoms with Gasteiger partial charge in [-0.25, -0.2) is 0 Å². The van der Waals surface area contributed by atoms with E-state index >= 15 is 0 Å². The zero-order chi connectivity index (χ0) is 14.4. The van der Waals surface area contributed by atoms with Crippen molar-refractivity contribution >= 4 is 0 Å². The average Bonchev–Trinajstić information content (AvgIpc) is 2.47. The fourth-order valence-electron chi connectivity index (χ4n) is 2.19. The Labute approximate surface area is 120 Å². The minimum Gasteiger partial charge on any atom is -0.491 e. The Morgan fingerprint density at radius 1 is 1.25 bits per heavy atom. The molecule has 1 atom stereocenters. The fourth-order valence-corrected chi connectivity index (χ4v) is 2.19. The zero-order valence-electron chi connectivity index (χ0n) is 12.3. The Morgan fingerprint density at radius 3 is 2.75 bits per heavy atom. The number of aryl methyl sites for hydroxylation is 2. The second kappa shape index (κ2) is 7.62. The quantitative estimate of drug-likeness (QED) is 0.868. The van der Waals surface area contributed by atoms with Crippen LogP contribution < -0.4 is 4.74 Å². The summed E-state index contributed by atoms with van der Waals surface area (Å²) < 4.78 is 16.6. The van der Waals surface area contributed by atoms with Crippen LogP contribution in [0.15, 0.2) is 18.2 Å². The van der Waals surface area contributed by atoms with Gasteiger partial charge < -0.3 is 19.3 Å². The lowest BCUT2D eigenvalue weighted by Gasteiger charge is -2.23. The van der Waals surface area contributed by atoms with E-state index in [9.17, 15) is 5.11 Å². The first-order valence-corrected chi connectivity index (χ1v) is 7.22. The van der Waals surface area contributed by atoms with E-state index < -0.39 is 6.10 Å². The van der Waals surface area contributed by atoms with Gasteiger partial charge in [0.2, 0.25) is 0 Å². The second-order valence-corrected chi connectivity index (χ2v) is 5.38. The molecule has 0 aromatic heterocycles. The van der Waals surface area contributed by atoms with E-state index in [1.165, 1.54) is 0 Å². The molecule has 1 fully saturated rings. The predicted molar refractivity (Wildman–Crippen MR) is 77.2 cm³/mol. The van der Waals surface area contributed by atoms with Gasteiger partial charge in [-0.3, -0.25) is 0 Å². The number of ether oxygens (including phenoxy) is 3. The average molecular weight is 280 g/mol. The lowest BCUT2D eigenvalue weighted by atomic mass is 10.1. The molecule has 4 heteroatoms. The van der Waals surface area contributed by atoms with Crippen LogP contribution in [0.2, 0.25) is 0 Å². The summed E-state index contributed by atoms with van der Waals surface area (Å²) in [7, 11) is 0. The van der Waals surface area contributed by atoms with Gasteiger partial charge in [-0.15, -0.1) is 0 Å². The fraction of sp³-hybridized carbons (Fsp3) is 0.625. The molecule has 4 nitrogen and oxygen atoms in total. The molecule has 1 aromatic carbocycles. The number of aliphatic hydroxyl groups excluding tert-OH is 1. The van der Waals surface area contributed by atoms with Gasteiger partial charge in [0.25, 0.3) is 0 Å². The van der Waals surface area contributed by atoms with Crippen LogP contribution >= 0.6 is 0 Å². The summed E-state index contributed by atoms with van der Waals surface area (Å²) in [4.78, 5) is 0. The van der Waals surface area contributed by atoms with E-state index in [0.29, 0.717) is 6.61 Å². The Bertz CT molecular complexity index is 413. The zero-order valence-corrected chi connectivity index (χ0v) is 12.3. The Hall–Kier alpha value is -1.10. The van der Waals surface area contributed by atoms with Crippen LogP contribution in [0.3, 0.4) is 0 Å². The highest BCUT2D eigenvalue weighted by atomic mass is 16.5. The molecule has 1 N–H and O–H groups in total. The molecular weight excluding hydrogens is 256 g/mol. The first-order chi connectivity index (χ1) is 9.65. The summed E-state index contributed by atoms with van der Waals surface area (Å²) in [5.41, 5.74) is 2.23. The smallest absolute Gasteiger partial charge is 0.122 e. The van der Waals surface area contributed by atoms with Crippen molar-refractivity contribution in [3.05, 3.63) is 29.3 Å². The largest absolute Gasteiger partial charge is 0.491 e. The summed E-state index contributed by atoms with van der Waals surface area (Å²) in [6, 6.07) is 6.06. The monoisotopic (exact) mass is 280 g/mol. The number of hydrogen-bond acceptors (Lipinski definition) is 4. The molecule has 1 aromatic rings. The van der Waals surface area contributed by atoms with E-state index in [2.05, 4.69) is 0 Å². The molecular formula is C16H24O4. The molecule has 0 amide bonds. The van der Waals surface area contributed by atoms with Crippen molar-refractivity contribution in [1.82, 2.24) is 0 Å². The van der Waals surface area contributed by atoms with Crippen LogP contribution in [0.25, 0.3) is 0 Å². The number of rotatable bonds is 6. The Kier molecular flexibility index (Phi) is 5.83. The van der Waals surface area contributed by atoms with Crippen LogP contribution in [0.1, 0.15) is 24.0 Å². The highest BCUT2D eigenvalue weighted by Gasteiger charge is 2.16. The van der Waals surface area contributed by atoms with Crippen molar-refractivity contribution in [1.29, 1.82) is 0 Å². The molecule has 1 aliphatic rings. The van der Waals surface area contributed by atoms with Crippen molar-refractivity contribution in [3.63, 3.8) is 0 Å². The number of benzene rings is 1. The van der Waals surface area contributed by atoms with E-state index in [1.54, 1.807) is 0 Å². The molecule has 1 saturated heterocycles. The maximum absolute atomic E-state index is 9.92. The summed E-state index contributed by atoms with van der Waals surface area (Å²) >= 11 is 0. The van der Waals surface area contributed by atoms with Crippen molar-refractivity contribution in [2.45, 2.75) is 38.9 Å². The van der Waals surface area contributed by atoms with Crippen molar-refractivity contribution in [3.8, 4) is 5.75 Å². The molecule has 1 heterocycles. The summed E-state index contributed by atoms with van der Waals surface area (Å²) in [6.45, 7) is 6.10. The molecule has 112 valence electrons. The minimum absolute atomic E-state index is 0.208. The molecule has 20 heavy (non-hydrogen) atoms. The van der Waals surface area contributed by atoms with Crippen LogP contribution in [0.5, 0.6) is 5.75 Å². The van der Waals surface area contributed by atoms with E-state index in [4.69, 9.17) is 14.2 Å². The third kappa shape index (κ3) is 4.78. The maximum atomic E-state index is 9.92. The van der Waals surface area contributed by atoms with Crippen LogP contribution in [-0.2, 0) is 9.47 Å². The molecule has 0 radical (unpaired) electrons. The highest BCUT2D eigenvalue weighted by Crippen LogP contribution is 2.19. The lowest BCUT2D eigenvalue weighted by molar-refractivity contribution is -0.0659. The topological polar surface area (TPSA) is 47.9 Å². The third-order valence-corrected chi connectivity index (χ3v) is 3.47. The number of aliphatic hydroxyl groups is 1. The van der Waals surface area contributed by atoms with Gasteiger partial charge in [0.15, 0.2) is 0 Å². The molecule has 0 bridgehead atoms. The van der Waals surface area contributed by atoms with Gasteiger partial charge in [0.1, 0.15) is 18.5 Å². The standard InChI is InChI=1S/C16H24O4/c1-12-3-4-13(2)16(9-12)20-11-14(17)10-19-15-5-7-18-8-6-15/h3-4,9,14-15,17H,5-8,10-11H2,1-2H3. The SMILES string of the molecule is Cc1ccc(C)c(OCC(O)COC2CCOCC2)c1. The number of hydrogen-bond donors (Lipinski definition) is 1. The van der Waals surface area contributed by atoms with E-state index in [0.717, 1.165) is 42.9 Å². The lowest BCUT2D eigenvalue weighted by Crippen LogP contribution is -2.30. The summed E-state index contributed by atoms with van der Waals surface area (Å²) in [5.74, 6) is 0.829. The minimum atomic E-state index is -0.599. The van der Waals surface area contributed by atoms with E-state index in [1.807, 2.05) is 32.0 Å². The van der Waals surface area contributed by atoms with Gasteiger partial charge in [-0.1, -0.05) is 12.1 Å². The molecule has 0 saturated carbocycles. The summed E-state index contributed by atoms with van der Waals surface area (Å²) in [6.07, 6.45) is 1.42. The van der Waals surface area contributed by atoms with Crippen LogP contribution in [-0.4, -0.2) is 43.7 Å². The van der Waals surface area contributed by atoms with Gasteiger partial charge in [-0.05, 0) is 43.9 Å². The van der Waals surface area contributed by atoms with Crippen molar-refractivity contribution < 1.29 is 19.3 Å². The Balaban J connectivity index is 1.71. The van der Waals surface area contributed by atoms with Gasteiger partial charge in [-0.2, -0.15) is 0 Å². The van der Waals surface area contributed by atoms with Crippen LogP contribution in [0, 0.1) is 13.8 Å². The van der Waals surface area contributed by atoms with Crippen molar-refractivity contribution in [2.75, 3.05) is 26.4 Å². The predicted octanol–water partition coefficient (Wildman–Crippen LogP) is 2.24. The van der Waals surface area contributed by atoms with Gasteiger partial charge in [0.05, 0.1) is 12.7 Å². The molecule has 0 spiro atoms. The second-order valence-electron chi connectivity index (χ2n) is 5.38. The maximum Gasteiger partial charge on any atom is 0.122 e. The first kappa shape index (κ1) is 15.3. The Morgan fingerprint density at radius 2 is 2.00 bits per heavy atom. The summed E-state index contributed by atoms with van der Waals surface area (Å²) in [5, 5.41) is 9.92.